The fraction of sp³-hybridized carbons (Fsp3) is 0.214. The Bertz CT molecular complexity index is 709. The molecule has 0 spiro atoms. The minimum absolute atomic E-state index is 0.0429. The maximum absolute atomic E-state index is 9.25. The number of aliphatic hydroxyl groups excluding tert-OH is 1. The lowest BCUT2D eigenvalue weighted by molar-refractivity contribution is 0.273. The standard InChI is InChI=1S/C14H15N3O/c1-16-10(9-18)7-8-13(16)14-11-5-3-4-6-12(11)17(2)15-14/h3-8,18H,9H2,1-2H3. The van der Waals surface area contributed by atoms with E-state index in [1.165, 1.54) is 0 Å². The Labute approximate surface area is 105 Å². The lowest BCUT2D eigenvalue weighted by Crippen LogP contribution is -1.98. The number of fused-ring (bicyclic) bond motifs is 1. The van der Waals surface area contributed by atoms with Crippen LogP contribution in [-0.4, -0.2) is 19.5 Å². The fourth-order valence-electron chi connectivity index (χ4n) is 2.35. The van der Waals surface area contributed by atoms with Crippen molar-refractivity contribution >= 4 is 10.9 Å². The number of aliphatic hydroxyl groups is 1. The molecule has 92 valence electrons. The second kappa shape index (κ2) is 3.99. The number of hydrogen-bond donors (Lipinski definition) is 1. The summed E-state index contributed by atoms with van der Waals surface area (Å²) in [7, 11) is 3.89. The lowest BCUT2D eigenvalue weighted by atomic mass is 10.2. The smallest absolute Gasteiger partial charge is 0.117 e. The molecule has 0 aliphatic carbocycles. The van der Waals surface area contributed by atoms with E-state index >= 15 is 0 Å². The topological polar surface area (TPSA) is 43.0 Å². The maximum Gasteiger partial charge on any atom is 0.117 e. The molecule has 1 N–H and O–H groups in total. The first-order valence-electron chi connectivity index (χ1n) is 5.90. The van der Waals surface area contributed by atoms with Gasteiger partial charge in [0.05, 0.1) is 17.8 Å². The summed E-state index contributed by atoms with van der Waals surface area (Å²) in [5.41, 5.74) is 3.98. The molecule has 3 rings (SSSR count). The Morgan fingerprint density at radius 1 is 1.11 bits per heavy atom. The highest BCUT2D eigenvalue weighted by atomic mass is 16.3. The van der Waals surface area contributed by atoms with Gasteiger partial charge < -0.3 is 9.67 Å². The summed E-state index contributed by atoms with van der Waals surface area (Å²) in [6.45, 7) is 0.0429. The Morgan fingerprint density at radius 2 is 1.89 bits per heavy atom. The van der Waals surface area contributed by atoms with Gasteiger partial charge in [-0.2, -0.15) is 5.10 Å². The third kappa shape index (κ3) is 1.46. The largest absolute Gasteiger partial charge is 0.390 e. The SMILES string of the molecule is Cn1c(CO)ccc1-c1nn(C)c2ccccc12. The molecule has 1 aromatic carbocycles. The molecule has 0 atom stereocenters. The van der Waals surface area contributed by atoms with Gasteiger partial charge in [-0.25, -0.2) is 0 Å². The summed E-state index contributed by atoms with van der Waals surface area (Å²) in [6, 6.07) is 12.1. The summed E-state index contributed by atoms with van der Waals surface area (Å²) in [4.78, 5) is 0. The molecule has 18 heavy (non-hydrogen) atoms. The molecule has 2 heterocycles. The van der Waals surface area contributed by atoms with Crippen LogP contribution in [0.15, 0.2) is 36.4 Å². The number of aromatic nitrogens is 3. The normalized spacial score (nSPS) is 11.3. The molecule has 2 aromatic heterocycles. The van der Waals surface area contributed by atoms with E-state index in [9.17, 15) is 5.11 Å². The van der Waals surface area contributed by atoms with Crippen LogP contribution in [-0.2, 0) is 20.7 Å². The van der Waals surface area contributed by atoms with Crippen LogP contribution in [0.3, 0.4) is 0 Å². The first-order valence-corrected chi connectivity index (χ1v) is 5.90. The van der Waals surface area contributed by atoms with Crippen LogP contribution < -0.4 is 0 Å². The molecule has 0 saturated heterocycles. The van der Waals surface area contributed by atoms with Crippen molar-refractivity contribution in [2.75, 3.05) is 0 Å². The minimum atomic E-state index is 0.0429. The highest BCUT2D eigenvalue weighted by Gasteiger charge is 2.13. The lowest BCUT2D eigenvalue weighted by Gasteiger charge is -2.03. The zero-order valence-electron chi connectivity index (χ0n) is 10.5. The predicted octanol–water partition coefficient (Wildman–Crippen LogP) is 2.07. The molecule has 0 fully saturated rings. The first kappa shape index (κ1) is 11.0. The Balaban J connectivity index is 2.28. The van der Waals surface area contributed by atoms with Crippen molar-refractivity contribution in [3.8, 4) is 11.4 Å². The van der Waals surface area contributed by atoms with E-state index in [-0.39, 0.29) is 6.61 Å². The average molecular weight is 241 g/mol. The van der Waals surface area contributed by atoms with Crippen molar-refractivity contribution in [1.82, 2.24) is 14.3 Å². The van der Waals surface area contributed by atoms with Crippen LogP contribution in [0.4, 0.5) is 0 Å². The van der Waals surface area contributed by atoms with E-state index in [0.29, 0.717) is 0 Å². The summed E-state index contributed by atoms with van der Waals surface area (Å²) in [5.74, 6) is 0. The molecule has 0 radical (unpaired) electrons. The van der Waals surface area contributed by atoms with Crippen molar-refractivity contribution in [3.05, 3.63) is 42.1 Å². The van der Waals surface area contributed by atoms with E-state index in [0.717, 1.165) is 28.0 Å². The fourth-order valence-corrected chi connectivity index (χ4v) is 2.35. The monoisotopic (exact) mass is 241 g/mol. The number of hydrogen-bond acceptors (Lipinski definition) is 2. The Hall–Kier alpha value is -2.07. The van der Waals surface area contributed by atoms with Crippen LogP contribution in [0.2, 0.25) is 0 Å². The van der Waals surface area contributed by atoms with Crippen molar-refractivity contribution in [1.29, 1.82) is 0 Å². The Morgan fingerprint density at radius 3 is 2.61 bits per heavy atom. The van der Waals surface area contributed by atoms with E-state index in [1.54, 1.807) is 0 Å². The summed E-state index contributed by atoms with van der Waals surface area (Å²) in [6.07, 6.45) is 0. The zero-order chi connectivity index (χ0) is 12.7. The van der Waals surface area contributed by atoms with E-state index in [2.05, 4.69) is 17.2 Å². The molecule has 0 aliphatic heterocycles. The van der Waals surface area contributed by atoms with E-state index in [4.69, 9.17) is 0 Å². The predicted molar refractivity (Wildman–Crippen MR) is 71.0 cm³/mol. The number of aryl methyl sites for hydroxylation is 1. The quantitative estimate of drug-likeness (QED) is 0.746. The van der Waals surface area contributed by atoms with Crippen LogP contribution in [0.25, 0.3) is 22.3 Å². The highest BCUT2D eigenvalue weighted by molar-refractivity contribution is 5.92. The van der Waals surface area contributed by atoms with Crippen molar-refractivity contribution in [2.45, 2.75) is 6.61 Å². The summed E-state index contributed by atoms with van der Waals surface area (Å²) >= 11 is 0. The van der Waals surface area contributed by atoms with Crippen LogP contribution >= 0.6 is 0 Å². The second-order valence-electron chi connectivity index (χ2n) is 4.42. The summed E-state index contributed by atoms with van der Waals surface area (Å²) in [5, 5.41) is 15.0. The van der Waals surface area contributed by atoms with Gasteiger partial charge in [-0.05, 0) is 18.2 Å². The number of para-hydroxylation sites is 1. The van der Waals surface area contributed by atoms with Gasteiger partial charge in [0.2, 0.25) is 0 Å². The van der Waals surface area contributed by atoms with Gasteiger partial charge >= 0.3 is 0 Å². The van der Waals surface area contributed by atoms with Crippen LogP contribution in [0, 0.1) is 0 Å². The zero-order valence-corrected chi connectivity index (χ0v) is 10.5. The molecule has 0 bridgehead atoms. The van der Waals surface area contributed by atoms with Gasteiger partial charge in [-0.1, -0.05) is 18.2 Å². The third-order valence-corrected chi connectivity index (χ3v) is 3.39. The molecular weight excluding hydrogens is 226 g/mol. The molecule has 0 saturated carbocycles. The number of rotatable bonds is 2. The van der Waals surface area contributed by atoms with Crippen LogP contribution in [0.5, 0.6) is 0 Å². The highest BCUT2D eigenvalue weighted by Crippen LogP contribution is 2.28. The number of nitrogens with zero attached hydrogens (tertiary/aromatic N) is 3. The summed E-state index contributed by atoms with van der Waals surface area (Å²) < 4.78 is 3.87. The molecular formula is C14H15N3O. The van der Waals surface area contributed by atoms with E-state index in [1.807, 2.05) is 47.6 Å². The average Bonchev–Trinajstić information content (AvgIpc) is 2.91. The molecule has 3 aromatic rings. The molecule has 4 heteroatoms. The minimum Gasteiger partial charge on any atom is -0.390 e. The van der Waals surface area contributed by atoms with Gasteiger partial charge in [0.15, 0.2) is 0 Å². The van der Waals surface area contributed by atoms with Gasteiger partial charge in [0, 0.05) is 25.2 Å². The van der Waals surface area contributed by atoms with E-state index < -0.39 is 0 Å². The number of benzene rings is 1. The second-order valence-corrected chi connectivity index (χ2v) is 4.42. The first-order chi connectivity index (χ1) is 8.72. The van der Waals surface area contributed by atoms with Crippen molar-refractivity contribution in [3.63, 3.8) is 0 Å². The van der Waals surface area contributed by atoms with Gasteiger partial charge in [0.1, 0.15) is 5.69 Å². The van der Waals surface area contributed by atoms with Crippen molar-refractivity contribution in [2.24, 2.45) is 14.1 Å². The molecule has 0 unspecified atom stereocenters. The maximum atomic E-state index is 9.25. The molecule has 4 nitrogen and oxygen atoms in total. The van der Waals surface area contributed by atoms with Gasteiger partial charge in [0.25, 0.3) is 0 Å². The molecule has 0 amide bonds. The Kier molecular flexibility index (Phi) is 2.45. The molecule has 0 aliphatic rings. The van der Waals surface area contributed by atoms with Gasteiger partial charge in [-0.15, -0.1) is 0 Å². The van der Waals surface area contributed by atoms with Crippen molar-refractivity contribution < 1.29 is 5.11 Å². The van der Waals surface area contributed by atoms with Crippen LogP contribution in [0.1, 0.15) is 5.69 Å². The third-order valence-electron chi connectivity index (χ3n) is 3.39. The van der Waals surface area contributed by atoms with Gasteiger partial charge in [-0.3, -0.25) is 4.68 Å².